The molecule has 1 aliphatic rings. The number of nitrogens with one attached hydrogen (secondary N) is 1. The van der Waals surface area contributed by atoms with Crippen molar-refractivity contribution in [2.24, 2.45) is 0 Å². The van der Waals surface area contributed by atoms with Crippen LogP contribution in [0, 0.1) is 0 Å². The van der Waals surface area contributed by atoms with Crippen molar-refractivity contribution in [2.75, 3.05) is 4.90 Å². The molecule has 0 unspecified atom stereocenters. The van der Waals surface area contributed by atoms with Crippen molar-refractivity contribution in [1.82, 2.24) is 15.0 Å². The maximum atomic E-state index is 6.02. The zero-order chi connectivity index (χ0) is 27.2. The third-order valence-electron chi connectivity index (χ3n) is 7.53. The first kappa shape index (κ1) is 23.2. The quantitative estimate of drug-likeness (QED) is 0.247. The minimum Gasteiger partial charge on any atom is -0.421 e. The van der Waals surface area contributed by atoms with Crippen LogP contribution in [0.25, 0.3) is 45.1 Å². The number of benzene rings is 4. The summed E-state index contributed by atoms with van der Waals surface area (Å²) in [6.07, 6.45) is 6.05. The van der Waals surface area contributed by atoms with Crippen LogP contribution in [0.4, 0.5) is 17.2 Å². The topological polar surface area (TPSA) is 54.0 Å². The molecule has 5 heteroatoms. The molecule has 0 aliphatic carbocycles. The molecule has 0 radical (unpaired) electrons. The second-order valence-corrected chi connectivity index (χ2v) is 10.0. The van der Waals surface area contributed by atoms with Crippen molar-refractivity contribution in [1.29, 1.82) is 0 Å². The normalized spacial score (nSPS) is 12.2. The van der Waals surface area contributed by atoms with Gasteiger partial charge in [0.05, 0.1) is 16.9 Å². The van der Waals surface area contributed by atoms with E-state index in [-0.39, 0.29) is 0 Å². The van der Waals surface area contributed by atoms with Crippen molar-refractivity contribution >= 4 is 51.2 Å². The lowest BCUT2D eigenvalue weighted by molar-refractivity contribution is 0.445. The molecule has 8 rings (SSSR count). The third-order valence-corrected chi connectivity index (χ3v) is 7.53. The molecule has 41 heavy (non-hydrogen) atoms. The summed E-state index contributed by atoms with van der Waals surface area (Å²) in [5.41, 5.74) is 8.85. The number of rotatable bonds is 4. The molecule has 4 heterocycles. The molecule has 7 aromatic rings. The molecule has 0 fully saturated rings. The number of hydrogen-bond acceptors (Lipinski definition) is 4. The number of pyridine rings is 2. The number of anilines is 3. The Hall–Kier alpha value is -5.68. The fraction of sp³-hybridized carbons (Fsp3) is 0. The second kappa shape index (κ2) is 9.50. The van der Waals surface area contributed by atoms with Crippen LogP contribution < -0.4 is 9.64 Å². The van der Waals surface area contributed by atoms with Crippen LogP contribution in [-0.4, -0.2) is 15.0 Å². The van der Waals surface area contributed by atoms with E-state index in [4.69, 9.17) is 9.72 Å². The molecule has 194 valence electrons. The number of hydrogen-bond donors (Lipinski definition) is 1. The van der Waals surface area contributed by atoms with Gasteiger partial charge in [-0.15, -0.1) is 0 Å². The minimum atomic E-state index is 0.483. The lowest BCUT2D eigenvalue weighted by atomic mass is 9.99. The van der Waals surface area contributed by atoms with E-state index in [0.29, 0.717) is 11.8 Å². The van der Waals surface area contributed by atoms with Gasteiger partial charge in [0.15, 0.2) is 0 Å². The molecule has 0 saturated heterocycles. The Morgan fingerprint density at radius 3 is 2.32 bits per heavy atom. The van der Waals surface area contributed by atoms with Crippen molar-refractivity contribution in [3.8, 4) is 22.9 Å². The Labute approximate surface area is 237 Å². The van der Waals surface area contributed by atoms with Gasteiger partial charge in [-0.05, 0) is 47.0 Å². The number of aromatic nitrogens is 3. The maximum absolute atomic E-state index is 6.02. The van der Waals surface area contributed by atoms with Crippen LogP contribution in [0.3, 0.4) is 0 Å². The lowest BCUT2D eigenvalue weighted by Crippen LogP contribution is -2.13. The average molecular weight is 529 g/mol. The summed E-state index contributed by atoms with van der Waals surface area (Å²) in [5.74, 6) is 1.75. The molecule has 0 amide bonds. The molecule has 0 spiro atoms. The van der Waals surface area contributed by atoms with Gasteiger partial charge in [0, 0.05) is 40.2 Å². The molecule has 1 N–H and O–H groups in total. The summed E-state index contributed by atoms with van der Waals surface area (Å²) < 4.78 is 6.02. The number of ether oxygens (including phenoxy) is 1. The summed E-state index contributed by atoms with van der Waals surface area (Å²) in [5, 5.41) is 2.45. The molecule has 0 saturated carbocycles. The predicted molar refractivity (Wildman–Crippen MR) is 167 cm³/mol. The number of aromatic amines is 1. The first-order valence-electron chi connectivity index (χ1n) is 13.6. The molecule has 3 aromatic heterocycles. The molecule has 4 aromatic carbocycles. The van der Waals surface area contributed by atoms with E-state index in [1.807, 2.05) is 36.4 Å². The highest BCUT2D eigenvalue weighted by Gasteiger charge is 2.22. The van der Waals surface area contributed by atoms with Gasteiger partial charge in [-0.3, -0.25) is 4.90 Å². The number of fused-ring (bicyclic) bond motifs is 5. The summed E-state index contributed by atoms with van der Waals surface area (Å²) >= 11 is 0. The van der Waals surface area contributed by atoms with Gasteiger partial charge in [0.1, 0.15) is 5.82 Å². The Kier molecular flexibility index (Phi) is 5.38. The maximum Gasteiger partial charge on any atom is 0.223 e. The van der Waals surface area contributed by atoms with Crippen molar-refractivity contribution in [3.63, 3.8) is 0 Å². The van der Waals surface area contributed by atoms with E-state index in [0.717, 1.165) is 50.5 Å². The summed E-state index contributed by atoms with van der Waals surface area (Å²) in [4.78, 5) is 15.1. The minimum absolute atomic E-state index is 0.483. The molecule has 1 aliphatic heterocycles. The molecule has 0 atom stereocenters. The Morgan fingerprint density at radius 2 is 1.39 bits per heavy atom. The zero-order valence-corrected chi connectivity index (χ0v) is 22.0. The van der Waals surface area contributed by atoms with Crippen LogP contribution >= 0.6 is 0 Å². The monoisotopic (exact) mass is 528 g/mol. The standard InChI is InChI=1S/C36H24N4O/c1-4-14-31-24(9-1)18-19-25-20-21-26(27-11-7-12-29-28-10-2-3-13-30(28)38-36(27)29)23-32(25)40(31)33-15-8-17-35(39-33)41-34-16-5-6-22-37-34/h1-23,38H. The lowest BCUT2D eigenvalue weighted by Gasteiger charge is -2.27. The first-order valence-corrected chi connectivity index (χ1v) is 13.6. The van der Waals surface area contributed by atoms with E-state index >= 15 is 0 Å². The summed E-state index contributed by atoms with van der Waals surface area (Å²) in [6.45, 7) is 0. The molecular weight excluding hydrogens is 504 g/mol. The highest BCUT2D eigenvalue weighted by atomic mass is 16.5. The van der Waals surface area contributed by atoms with Gasteiger partial charge >= 0.3 is 0 Å². The third kappa shape index (κ3) is 4.03. The Bertz CT molecular complexity index is 2090. The fourth-order valence-corrected chi connectivity index (χ4v) is 5.65. The zero-order valence-electron chi connectivity index (χ0n) is 22.0. The predicted octanol–water partition coefficient (Wildman–Crippen LogP) is 9.52. The van der Waals surface area contributed by atoms with Crippen LogP contribution in [0.5, 0.6) is 11.8 Å². The van der Waals surface area contributed by atoms with Gasteiger partial charge in [-0.1, -0.05) is 91.0 Å². The summed E-state index contributed by atoms with van der Waals surface area (Å²) in [7, 11) is 0. The SMILES string of the molecule is C1=Cc2ccc(-c3cccc4c3[nH]c3ccccc34)cc2N(c2cccc(Oc3ccccn3)n2)c2ccccc21. The van der Waals surface area contributed by atoms with Crippen molar-refractivity contribution in [3.05, 3.63) is 139 Å². The smallest absolute Gasteiger partial charge is 0.223 e. The van der Waals surface area contributed by atoms with Crippen LogP contribution in [-0.2, 0) is 0 Å². The fourth-order valence-electron chi connectivity index (χ4n) is 5.65. The van der Waals surface area contributed by atoms with Gasteiger partial charge < -0.3 is 9.72 Å². The highest BCUT2D eigenvalue weighted by molar-refractivity contribution is 6.12. The molecular formula is C36H24N4O. The van der Waals surface area contributed by atoms with E-state index in [2.05, 4.69) is 112 Å². The molecule has 0 bridgehead atoms. The second-order valence-electron chi connectivity index (χ2n) is 10.0. The largest absolute Gasteiger partial charge is 0.421 e. The number of para-hydroxylation sites is 3. The van der Waals surface area contributed by atoms with Gasteiger partial charge in [-0.25, -0.2) is 4.98 Å². The van der Waals surface area contributed by atoms with Gasteiger partial charge in [0.2, 0.25) is 11.8 Å². The van der Waals surface area contributed by atoms with E-state index in [9.17, 15) is 0 Å². The van der Waals surface area contributed by atoms with E-state index in [1.165, 1.54) is 10.8 Å². The van der Waals surface area contributed by atoms with Crippen molar-refractivity contribution < 1.29 is 4.74 Å². The number of nitrogens with zero attached hydrogens (tertiary/aromatic N) is 3. The van der Waals surface area contributed by atoms with E-state index in [1.54, 1.807) is 6.20 Å². The van der Waals surface area contributed by atoms with E-state index < -0.39 is 0 Å². The Balaban J connectivity index is 1.31. The highest BCUT2D eigenvalue weighted by Crippen LogP contribution is 2.44. The van der Waals surface area contributed by atoms with Gasteiger partial charge in [0.25, 0.3) is 0 Å². The Morgan fingerprint density at radius 1 is 0.610 bits per heavy atom. The first-order chi connectivity index (χ1) is 20.3. The van der Waals surface area contributed by atoms with Crippen LogP contribution in [0.1, 0.15) is 11.1 Å². The van der Waals surface area contributed by atoms with Crippen LogP contribution in [0.15, 0.2) is 128 Å². The van der Waals surface area contributed by atoms with Gasteiger partial charge in [-0.2, -0.15) is 4.98 Å². The van der Waals surface area contributed by atoms with Crippen molar-refractivity contribution in [2.45, 2.75) is 0 Å². The number of H-pyrrole nitrogens is 1. The molecule has 5 nitrogen and oxygen atoms in total. The summed E-state index contributed by atoms with van der Waals surface area (Å²) in [6, 6.07) is 41.4. The van der Waals surface area contributed by atoms with Crippen LogP contribution in [0.2, 0.25) is 0 Å². The average Bonchev–Trinajstić information content (AvgIpc) is 3.32.